The van der Waals surface area contributed by atoms with Crippen LogP contribution < -0.4 is 10.2 Å². The molecule has 0 saturated heterocycles. The van der Waals surface area contributed by atoms with Crippen LogP contribution in [0, 0.1) is 6.92 Å². The fourth-order valence-electron chi connectivity index (χ4n) is 7.66. The Hall–Kier alpha value is -7.16. The largest absolute Gasteiger partial charge is 0.355 e. The SMILES string of the molecule is Cc1cc(-c2ccccc2)ccc1-c1c(Nc2ccccc2)cc(-c2ccccc2)cc1N(c1ccc(-c2ccccc2)cc1)c1cccc2ccccc12. The average Bonchev–Trinajstić information content (AvgIpc) is 3.25. The molecule has 0 unspecified atom stereocenters. The molecular formula is C53H40N2. The third kappa shape index (κ3) is 6.90. The van der Waals surface area contributed by atoms with Gasteiger partial charge < -0.3 is 10.2 Å². The summed E-state index contributed by atoms with van der Waals surface area (Å²) in [6, 6.07) is 78.3. The third-order valence-electron chi connectivity index (χ3n) is 10.4. The summed E-state index contributed by atoms with van der Waals surface area (Å²) in [7, 11) is 0. The Kier molecular flexibility index (Phi) is 9.22. The Morgan fingerprint density at radius 3 is 1.56 bits per heavy atom. The minimum Gasteiger partial charge on any atom is -0.355 e. The normalized spacial score (nSPS) is 11.0. The predicted octanol–water partition coefficient (Wildman–Crippen LogP) is 15.0. The topological polar surface area (TPSA) is 15.3 Å². The maximum absolute atomic E-state index is 3.89. The maximum atomic E-state index is 3.89. The molecule has 9 aromatic rings. The van der Waals surface area contributed by atoms with E-state index in [1.54, 1.807) is 0 Å². The van der Waals surface area contributed by atoms with Crippen LogP contribution in [-0.2, 0) is 0 Å². The third-order valence-corrected chi connectivity index (χ3v) is 10.4. The van der Waals surface area contributed by atoms with Gasteiger partial charge in [0.05, 0.1) is 11.4 Å². The molecule has 9 rings (SSSR count). The number of nitrogens with zero attached hydrogens (tertiary/aromatic N) is 1. The van der Waals surface area contributed by atoms with Crippen LogP contribution >= 0.6 is 0 Å². The van der Waals surface area contributed by atoms with E-state index in [-0.39, 0.29) is 0 Å². The molecule has 2 heteroatoms. The number of fused-ring (bicyclic) bond motifs is 1. The van der Waals surface area contributed by atoms with Crippen LogP contribution in [0.2, 0.25) is 0 Å². The van der Waals surface area contributed by atoms with Gasteiger partial charge in [0.2, 0.25) is 0 Å². The fourth-order valence-corrected chi connectivity index (χ4v) is 7.66. The van der Waals surface area contributed by atoms with Crippen molar-refractivity contribution in [2.45, 2.75) is 6.92 Å². The van der Waals surface area contributed by atoms with E-state index >= 15 is 0 Å². The van der Waals surface area contributed by atoms with Crippen LogP contribution in [0.15, 0.2) is 218 Å². The van der Waals surface area contributed by atoms with Crippen LogP contribution in [-0.4, -0.2) is 0 Å². The molecule has 0 heterocycles. The zero-order valence-corrected chi connectivity index (χ0v) is 30.7. The monoisotopic (exact) mass is 704 g/mol. The van der Waals surface area contributed by atoms with Gasteiger partial charge in [0.25, 0.3) is 0 Å². The number of benzene rings is 9. The summed E-state index contributed by atoms with van der Waals surface area (Å²) < 4.78 is 0. The number of aryl methyl sites for hydroxylation is 1. The standard InChI is InChI=1S/C53H40N2/c1-38-35-44(40-19-8-3-9-20-40)31-34-48(38)53-50(54-46-25-12-5-13-26-46)36-45(41-21-10-4-11-22-41)37-52(53)55(51-28-16-24-43-23-14-15-27-49(43)51)47-32-29-42(30-33-47)39-17-6-2-7-18-39/h2-37,54H,1H3. The van der Waals surface area contributed by atoms with E-state index in [2.05, 4.69) is 236 Å². The van der Waals surface area contributed by atoms with E-state index in [0.717, 1.165) is 45.1 Å². The van der Waals surface area contributed by atoms with Crippen molar-refractivity contribution in [3.63, 3.8) is 0 Å². The van der Waals surface area contributed by atoms with Gasteiger partial charge in [0.15, 0.2) is 0 Å². The quantitative estimate of drug-likeness (QED) is 0.161. The Labute approximate surface area is 323 Å². The maximum Gasteiger partial charge on any atom is 0.0567 e. The first kappa shape index (κ1) is 33.7. The predicted molar refractivity (Wildman–Crippen MR) is 235 cm³/mol. The molecule has 0 aliphatic heterocycles. The molecule has 0 radical (unpaired) electrons. The van der Waals surface area contributed by atoms with Crippen molar-refractivity contribution in [2.24, 2.45) is 0 Å². The Bertz CT molecular complexity index is 2700. The molecule has 0 atom stereocenters. The van der Waals surface area contributed by atoms with Crippen LogP contribution in [0.25, 0.3) is 55.3 Å². The summed E-state index contributed by atoms with van der Waals surface area (Å²) in [5.41, 5.74) is 15.9. The number of nitrogens with one attached hydrogen (secondary N) is 1. The van der Waals surface area contributed by atoms with Crippen LogP contribution in [0.3, 0.4) is 0 Å². The number of hydrogen-bond donors (Lipinski definition) is 1. The van der Waals surface area contributed by atoms with Crippen molar-refractivity contribution in [1.82, 2.24) is 0 Å². The highest BCUT2D eigenvalue weighted by Gasteiger charge is 2.24. The van der Waals surface area contributed by atoms with Gasteiger partial charge >= 0.3 is 0 Å². The molecule has 9 aromatic carbocycles. The number of rotatable bonds is 9. The van der Waals surface area contributed by atoms with Crippen molar-refractivity contribution in [2.75, 3.05) is 10.2 Å². The lowest BCUT2D eigenvalue weighted by Crippen LogP contribution is -2.13. The first-order valence-corrected chi connectivity index (χ1v) is 18.8. The number of anilines is 5. The zero-order chi connectivity index (χ0) is 37.0. The van der Waals surface area contributed by atoms with Crippen molar-refractivity contribution < 1.29 is 0 Å². The lowest BCUT2D eigenvalue weighted by molar-refractivity contribution is 1.29. The molecular weight excluding hydrogens is 665 g/mol. The highest BCUT2D eigenvalue weighted by Crippen LogP contribution is 2.50. The molecule has 55 heavy (non-hydrogen) atoms. The van der Waals surface area contributed by atoms with Crippen molar-refractivity contribution in [3.05, 3.63) is 224 Å². The van der Waals surface area contributed by atoms with Gasteiger partial charge in [-0.3, -0.25) is 0 Å². The van der Waals surface area contributed by atoms with Gasteiger partial charge in [-0.1, -0.05) is 176 Å². The van der Waals surface area contributed by atoms with Gasteiger partial charge in [0.1, 0.15) is 0 Å². The minimum atomic E-state index is 1.03. The highest BCUT2D eigenvalue weighted by atomic mass is 15.1. The van der Waals surface area contributed by atoms with E-state index in [1.165, 1.54) is 44.2 Å². The molecule has 0 amide bonds. The van der Waals surface area contributed by atoms with E-state index in [9.17, 15) is 0 Å². The van der Waals surface area contributed by atoms with E-state index in [0.29, 0.717) is 0 Å². The lowest BCUT2D eigenvalue weighted by atomic mass is 9.90. The van der Waals surface area contributed by atoms with Gasteiger partial charge in [-0.2, -0.15) is 0 Å². The molecule has 0 bridgehead atoms. The number of hydrogen-bond acceptors (Lipinski definition) is 2. The summed E-state index contributed by atoms with van der Waals surface area (Å²) in [6.45, 7) is 2.24. The van der Waals surface area contributed by atoms with Crippen LogP contribution in [0.4, 0.5) is 28.4 Å². The first-order chi connectivity index (χ1) is 27.2. The molecule has 0 spiro atoms. The molecule has 0 aliphatic carbocycles. The smallest absolute Gasteiger partial charge is 0.0567 e. The van der Waals surface area contributed by atoms with Crippen molar-refractivity contribution in [1.29, 1.82) is 0 Å². The van der Waals surface area contributed by atoms with E-state index in [4.69, 9.17) is 0 Å². The molecule has 0 fully saturated rings. The Morgan fingerprint density at radius 2 is 0.909 bits per heavy atom. The fraction of sp³-hybridized carbons (Fsp3) is 0.0189. The molecule has 0 aromatic heterocycles. The second-order valence-corrected chi connectivity index (χ2v) is 13.9. The molecule has 2 nitrogen and oxygen atoms in total. The Morgan fingerprint density at radius 1 is 0.382 bits per heavy atom. The summed E-state index contributed by atoms with van der Waals surface area (Å²) in [5.74, 6) is 0. The van der Waals surface area contributed by atoms with Gasteiger partial charge in [-0.05, 0) is 99.3 Å². The highest BCUT2D eigenvalue weighted by molar-refractivity contribution is 6.05. The van der Waals surface area contributed by atoms with Gasteiger partial charge in [-0.25, -0.2) is 0 Å². The number of para-hydroxylation sites is 1. The van der Waals surface area contributed by atoms with Crippen LogP contribution in [0.5, 0.6) is 0 Å². The molecule has 0 aliphatic rings. The minimum absolute atomic E-state index is 1.03. The summed E-state index contributed by atoms with van der Waals surface area (Å²) in [5, 5.41) is 6.27. The second kappa shape index (κ2) is 15.1. The molecule has 0 saturated carbocycles. The van der Waals surface area contributed by atoms with Crippen molar-refractivity contribution >= 4 is 39.2 Å². The average molecular weight is 705 g/mol. The summed E-state index contributed by atoms with van der Waals surface area (Å²) >= 11 is 0. The molecule has 262 valence electrons. The van der Waals surface area contributed by atoms with E-state index < -0.39 is 0 Å². The Balaban J connectivity index is 1.35. The van der Waals surface area contributed by atoms with Gasteiger partial charge in [-0.15, -0.1) is 0 Å². The first-order valence-electron chi connectivity index (χ1n) is 18.8. The van der Waals surface area contributed by atoms with E-state index in [1.807, 2.05) is 0 Å². The molecule has 1 N–H and O–H groups in total. The van der Waals surface area contributed by atoms with Crippen molar-refractivity contribution in [3.8, 4) is 44.5 Å². The van der Waals surface area contributed by atoms with Crippen LogP contribution in [0.1, 0.15) is 5.56 Å². The summed E-state index contributed by atoms with van der Waals surface area (Å²) in [4.78, 5) is 2.46. The lowest BCUT2D eigenvalue weighted by Gasteiger charge is -2.31. The van der Waals surface area contributed by atoms with Gasteiger partial charge in [0, 0.05) is 28.0 Å². The summed E-state index contributed by atoms with van der Waals surface area (Å²) in [6.07, 6.45) is 0. The zero-order valence-electron chi connectivity index (χ0n) is 30.7. The second-order valence-electron chi connectivity index (χ2n) is 13.9.